The summed E-state index contributed by atoms with van der Waals surface area (Å²) >= 11 is 3.52. The minimum atomic E-state index is -0.708. The number of ether oxygens (including phenoxy) is 1. The maximum atomic E-state index is 13.7. The molecule has 6 heteroatoms. The summed E-state index contributed by atoms with van der Waals surface area (Å²) in [7, 11) is 0. The zero-order valence-corrected chi connectivity index (χ0v) is 23.3. The quantitative estimate of drug-likeness (QED) is 0.355. The van der Waals surface area contributed by atoms with Crippen LogP contribution < -0.4 is 10.1 Å². The van der Waals surface area contributed by atoms with Crippen LogP contribution in [0.15, 0.2) is 77.3 Å². The van der Waals surface area contributed by atoms with E-state index in [1.807, 2.05) is 107 Å². The van der Waals surface area contributed by atoms with Crippen LogP contribution in [0.2, 0.25) is 0 Å². The van der Waals surface area contributed by atoms with Crippen LogP contribution in [0.4, 0.5) is 0 Å². The van der Waals surface area contributed by atoms with E-state index in [4.69, 9.17) is 4.74 Å². The van der Waals surface area contributed by atoms with E-state index in [0.717, 1.165) is 26.7 Å². The van der Waals surface area contributed by atoms with Crippen LogP contribution in [0, 0.1) is 13.8 Å². The zero-order chi connectivity index (χ0) is 26.3. The molecule has 0 saturated heterocycles. The molecule has 0 heterocycles. The zero-order valence-electron chi connectivity index (χ0n) is 21.7. The molecule has 0 saturated carbocycles. The highest BCUT2D eigenvalue weighted by Crippen LogP contribution is 2.21. The molecule has 1 atom stereocenters. The highest BCUT2D eigenvalue weighted by Gasteiger charge is 2.32. The van der Waals surface area contributed by atoms with Gasteiger partial charge in [0.2, 0.25) is 5.91 Å². The lowest BCUT2D eigenvalue weighted by molar-refractivity contribution is -0.143. The number of halogens is 1. The van der Waals surface area contributed by atoms with Crippen molar-refractivity contribution in [1.29, 1.82) is 0 Å². The molecule has 190 valence electrons. The summed E-state index contributed by atoms with van der Waals surface area (Å²) in [6.45, 7) is 9.91. The van der Waals surface area contributed by atoms with Crippen LogP contribution in [-0.2, 0) is 22.6 Å². The molecule has 0 unspecified atom stereocenters. The number of carbonyl (C=O) groups excluding carboxylic acids is 2. The standard InChI is InChI=1S/C30H35BrN2O3/c1-21-14-15-27(22(2)16-21)36-20-28(34)33(19-24-12-9-13-25(31)17-24)26(29(35)32-30(3,4)5)18-23-10-7-6-8-11-23/h6-17,26H,18-20H2,1-5H3,(H,32,35)/t26-/m0/s1. The number of carbonyl (C=O) groups is 2. The van der Waals surface area contributed by atoms with Gasteiger partial charge in [0.15, 0.2) is 6.61 Å². The van der Waals surface area contributed by atoms with Gasteiger partial charge in [-0.15, -0.1) is 0 Å². The lowest BCUT2D eigenvalue weighted by atomic mass is 10.0. The Morgan fingerprint density at radius 2 is 1.64 bits per heavy atom. The first-order valence-electron chi connectivity index (χ1n) is 12.1. The molecule has 2 amide bonds. The van der Waals surface area contributed by atoms with E-state index in [1.165, 1.54) is 0 Å². The van der Waals surface area contributed by atoms with Gasteiger partial charge in [-0.25, -0.2) is 0 Å². The van der Waals surface area contributed by atoms with Crippen molar-refractivity contribution in [2.45, 2.75) is 59.2 Å². The first-order valence-corrected chi connectivity index (χ1v) is 12.9. The molecule has 36 heavy (non-hydrogen) atoms. The largest absolute Gasteiger partial charge is 0.483 e. The molecule has 3 rings (SSSR count). The highest BCUT2D eigenvalue weighted by atomic mass is 79.9. The number of amides is 2. The molecule has 3 aromatic carbocycles. The van der Waals surface area contributed by atoms with Crippen molar-refractivity contribution in [2.24, 2.45) is 0 Å². The predicted molar refractivity (Wildman–Crippen MR) is 148 cm³/mol. The normalized spacial score (nSPS) is 12.1. The molecule has 0 spiro atoms. The van der Waals surface area contributed by atoms with E-state index in [0.29, 0.717) is 12.2 Å². The van der Waals surface area contributed by atoms with Crippen LogP contribution in [-0.4, -0.2) is 34.9 Å². The first-order chi connectivity index (χ1) is 17.0. The van der Waals surface area contributed by atoms with Crippen LogP contribution in [0.1, 0.15) is 43.0 Å². The Morgan fingerprint density at radius 3 is 2.28 bits per heavy atom. The fourth-order valence-corrected chi connectivity index (χ4v) is 4.47. The Hall–Kier alpha value is -3.12. The summed E-state index contributed by atoms with van der Waals surface area (Å²) in [6.07, 6.45) is 0.395. The Labute approximate surface area is 223 Å². The van der Waals surface area contributed by atoms with Crippen LogP contribution in [0.25, 0.3) is 0 Å². The number of aryl methyl sites for hydroxylation is 2. The second kappa shape index (κ2) is 12.2. The Bertz CT molecular complexity index is 1190. The number of nitrogens with one attached hydrogen (secondary N) is 1. The predicted octanol–water partition coefficient (Wildman–Crippen LogP) is 6.00. The molecular formula is C30H35BrN2O3. The lowest BCUT2D eigenvalue weighted by Gasteiger charge is -2.34. The van der Waals surface area contributed by atoms with Gasteiger partial charge in [0, 0.05) is 23.0 Å². The van der Waals surface area contributed by atoms with Crippen LogP contribution in [0.5, 0.6) is 5.75 Å². The molecule has 5 nitrogen and oxygen atoms in total. The van der Waals surface area contributed by atoms with Gasteiger partial charge >= 0.3 is 0 Å². The number of nitrogens with zero attached hydrogens (tertiary/aromatic N) is 1. The van der Waals surface area contributed by atoms with Crippen molar-refractivity contribution >= 4 is 27.7 Å². The van der Waals surface area contributed by atoms with E-state index >= 15 is 0 Å². The topological polar surface area (TPSA) is 58.6 Å². The van der Waals surface area contributed by atoms with Gasteiger partial charge in [-0.1, -0.05) is 76.1 Å². The maximum Gasteiger partial charge on any atom is 0.261 e. The van der Waals surface area contributed by atoms with Crippen molar-refractivity contribution in [1.82, 2.24) is 10.2 Å². The summed E-state index contributed by atoms with van der Waals surface area (Å²) in [5.41, 5.74) is 3.56. The Kier molecular flexibility index (Phi) is 9.32. The van der Waals surface area contributed by atoms with Gasteiger partial charge in [-0.05, 0) is 69.5 Å². The van der Waals surface area contributed by atoms with E-state index in [-0.39, 0.29) is 25.0 Å². The van der Waals surface area contributed by atoms with E-state index < -0.39 is 11.6 Å². The third-order valence-electron chi connectivity index (χ3n) is 5.69. The number of hydrogen-bond acceptors (Lipinski definition) is 3. The first kappa shape index (κ1) is 27.5. The second-order valence-electron chi connectivity index (χ2n) is 10.2. The van der Waals surface area contributed by atoms with Crippen molar-refractivity contribution in [3.8, 4) is 5.75 Å². The Balaban J connectivity index is 1.94. The second-order valence-corrected chi connectivity index (χ2v) is 11.1. The van der Waals surface area contributed by atoms with Crippen molar-refractivity contribution in [3.05, 3.63) is 99.5 Å². The number of benzene rings is 3. The fourth-order valence-electron chi connectivity index (χ4n) is 4.02. The maximum absolute atomic E-state index is 13.7. The van der Waals surface area contributed by atoms with Crippen LogP contribution in [0.3, 0.4) is 0 Å². The van der Waals surface area contributed by atoms with Crippen LogP contribution >= 0.6 is 15.9 Å². The summed E-state index contributed by atoms with van der Waals surface area (Å²) in [6, 6.07) is 22.7. The molecule has 0 aliphatic rings. The summed E-state index contributed by atoms with van der Waals surface area (Å²) in [4.78, 5) is 28.9. The van der Waals surface area contributed by atoms with Gasteiger partial charge < -0.3 is 15.0 Å². The van der Waals surface area contributed by atoms with E-state index in [9.17, 15) is 9.59 Å². The van der Waals surface area contributed by atoms with Gasteiger partial charge in [-0.2, -0.15) is 0 Å². The molecule has 0 bridgehead atoms. The smallest absolute Gasteiger partial charge is 0.261 e. The summed E-state index contributed by atoms with van der Waals surface area (Å²) < 4.78 is 6.86. The van der Waals surface area contributed by atoms with Gasteiger partial charge in [0.25, 0.3) is 5.91 Å². The molecule has 3 aromatic rings. The van der Waals surface area contributed by atoms with Gasteiger partial charge in [0.1, 0.15) is 11.8 Å². The minimum absolute atomic E-state index is 0.161. The highest BCUT2D eigenvalue weighted by molar-refractivity contribution is 9.10. The SMILES string of the molecule is Cc1ccc(OCC(=O)N(Cc2cccc(Br)c2)[C@@H](Cc2ccccc2)C(=O)NC(C)(C)C)c(C)c1. The fraction of sp³-hybridized carbons (Fsp3) is 0.333. The van der Waals surface area contributed by atoms with E-state index in [2.05, 4.69) is 21.2 Å². The molecule has 0 radical (unpaired) electrons. The average molecular weight is 552 g/mol. The minimum Gasteiger partial charge on any atom is -0.483 e. The van der Waals surface area contributed by atoms with Gasteiger partial charge in [-0.3, -0.25) is 9.59 Å². The molecular weight excluding hydrogens is 516 g/mol. The third-order valence-corrected chi connectivity index (χ3v) is 6.19. The number of rotatable bonds is 9. The molecule has 0 aliphatic carbocycles. The molecule has 0 fully saturated rings. The summed E-state index contributed by atoms with van der Waals surface area (Å²) in [5, 5.41) is 3.08. The van der Waals surface area contributed by atoms with E-state index in [1.54, 1.807) is 4.90 Å². The monoisotopic (exact) mass is 550 g/mol. The van der Waals surface area contributed by atoms with Crippen molar-refractivity contribution in [2.75, 3.05) is 6.61 Å². The van der Waals surface area contributed by atoms with Crippen molar-refractivity contribution in [3.63, 3.8) is 0 Å². The van der Waals surface area contributed by atoms with Crippen molar-refractivity contribution < 1.29 is 14.3 Å². The third kappa shape index (κ3) is 8.23. The Morgan fingerprint density at radius 1 is 0.944 bits per heavy atom. The van der Waals surface area contributed by atoms with Gasteiger partial charge in [0.05, 0.1) is 0 Å². The number of hydrogen-bond donors (Lipinski definition) is 1. The average Bonchev–Trinajstić information content (AvgIpc) is 2.80. The molecule has 1 N–H and O–H groups in total. The molecule has 0 aromatic heterocycles. The molecule has 0 aliphatic heterocycles. The lowest BCUT2D eigenvalue weighted by Crippen LogP contribution is -2.55. The summed E-state index contributed by atoms with van der Waals surface area (Å²) in [5.74, 6) is 0.219.